The lowest BCUT2D eigenvalue weighted by Crippen LogP contribution is -2.16. The van der Waals surface area contributed by atoms with Crippen LogP contribution in [0.5, 0.6) is 5.75 Å². The number of ether oxygens (including phenoxy) is 1. The second-order valence-electron chi connectivity index (χ2n) is 7.12. The van der Waals surface area contributed by atoms with Crippen molar-refractivity contribution in [2.75, 3.05) is 6.61 Å². The molecule has 0 spiro atoms. The number of nitrogens with zero attached hydrogens (tertiary/aromatic N) is 3. The normalized spacial score (nSPS) is 13.8. The predicted molar refractivity (Wildman–Crippen MR) is 109 cm³/mol. The predicted octanol–water partition coefficient (Wildman–Crippen LogP) is 4.29. The van der Waals surface area contributed by atoms with Gasteiger partial charge in [0.25, 0.3) is 0 Å². The maximum absolute atomic E-state index is 13.0. The van der Waals surface area contributed by atoms with E-state index in [9.17, 15) is 26.4 Å². The molecule has 2 aliphatic rings. The fraction of sp³-hybridized carbons (Fsp3) is 0.350. The second-order valence-corrected chi connectivity index (χ2v) is 8.64. The van der Waals surface area contributed by atoms with Crippen LogP contribution in [0.2, 0.25) is 0 Å². The van der Waals surface area contributed by atoms with Crippen molar-refractivity contribution in [3.63, 3.8) is 0 Å². The molecule has 0 radical (unpaired) electrons. The van der Waals surface area contributed by atoms with Gasteiger partial charge in [0.2, 0.25) is 0 Å². The van der Waals surface area contributed by atoms with E-state index in [0.717, 1.165) is 5.56 Å². The van der Waals surface area contributed by atoms with Crippen LogP contribution in [0.25, 0.3) is 16.7 Å². The first kappa shape index (κ1) is 23.5. The summed E-state index contributed by atoms with van der Waals surface area (Å²) >= 11 is 0. The molecule has 0 N–H and O–H groups in total. The van der Waals surface area contributed by atoms with Crippen molar-refractivity contribution in [2.45, 2.75) is 45.2 Å². The molecule has 0 unspecified atom stereocenters. The Bertz CT molecular complexity index is 1290. The van der Waals surface area contributed by atoms with E-state index in [1.807, 2.05) is 20.8 Å². The number of alkyl halides is 3. The van der Waals surface area contributed by atoms with Gasteiger partial charge in [0, 0.05) is 0 Å². The quantitative estimate of drug-likeness (QED) is 0.415. The summed E-state index contributed by atoms with van der Waals surface area (Å²) in [6.07, 6.45) is 1.23. The number of aryl methyl sites for hydroxylation is 1. The number of halogens is 3. The van der Waals surface area contributed by atoms with Crippen LogP contribution in [-0.2, 0) is 14.9 Å². The summed E-state index contributed by atoms with van der Waals surface area (Å²) < 4.78 is 66.9. The molecule has 5 rings (SSSR count). The molecule has 4 heterocycles. The van der Waals surface area contributed by atoms with Gasteiger partial charge in [-0.1, -0.05) is 19.9 Å². The minimum absolute atomic E-state index is 0.0231. The highest BCUT2D eigenvalue weighted by molar-refractivity contribution is 7.87. The molecule has 1 aromatic carbocycles. The number of benzene rings is 1. The topological polar surface area (TPSA) is 100 Å². The Labute approximate surface area is 182 Å². The van der Waals surface area contributed by atoms with E-state index in [4.69, 9.17) is 8.92 Å². The smallest absolute Gasteiger partial charge is 0.379 e. The largest absolute Gasteiger partial charge is 0.462 e. The van der Waals surface area contributed by atoms with Gasteiger partial charge in [-0.15, -0.1) is 0 Å². The first-order chi connectivity index (χ1) is 15.0. The number of aromatic nitrogens is 3. The Morgan fingerprint density at radius 2 is 1.91 bits per heavy atom. The van der Waals surface area contributed by atoms with Crippen LogP contribution in [0.4, 0.5) is 13.2 Å². The molecule has 2 aliphatic heterocycles. The van der Waals surface area contributed by atoms with Gasteiger partial charge in [0.05, 0.1) is 29.6 Å². The minimum atomic E-state index is -4.21. The number of fused-ring (bicyclic) bond motifs is 2. The number of hydrogen-bond donors (Lipinski definition) is 0. The van der Waals surface area contributed by atoms with E-state index in [1.54, 1.807) is 19.1 Å². The van der Waals surface area contributed by atoms with Crippen LogP contribution in [0.15, 0.2) is 29.3 Å². The molecular weight excluding hydrogens is 451 g/mol. The van der Waals surface area contributed by atoms with Gasteiger partial charge in [0.1, 0.15) is 10.5 Å². The molecule has 0 atom stereocenters. The average molecular weight is 471 g/mol. The summed E-state index contributed by atoms with van der Waals surface area (Å²) in [4.78, 5) is 17.1. The number of esters is 1. The summed E-state index contributed by atoms with van der Waals surface area (Å²) in [7, 11) is -4.21. The third-order valence-electron chi connectivity index (χ3n) is 4.53. The van der Waals surface area contributed by atoms with Crippen molar-refractivity contribution in [1.29, 1.82) is 0 Å². The number of hydrogen-bond acceptors (Lipinski definition) is 7. The third-order valence-corrected chi connectivity index (χ3v) is 5.81. The molecule has 172 valence electrons. The van der Waals surface area contributed by atoms with Crippen molar-refractivity contribution in [1.82, 2.24) is 14.8 Å². The first-order valence-corrected chi connectivity index (χ1v) is 10.9. The van der Waals surface area contributed by atoms with Gasteiger partial charge in [-0.05, 0) is 37.5 Å². The van der Waals surface area contributed by atoms with Gasteiger partial charge >= 0.3 is 22.8 Å². The maximum atomic E-state index is 13.0. The summed E-state index contributed by atoms with van der Waals surface area (Å²) in [6, 6.07) is 4.86. The molecular formula is C20H20F3N3O5S. The van der Waals surface area contributed by atoms with Crippen molar-refractivity contribution in [3.05, 3.63) is 41.2 Å². The molecule has 0 aliphatic carbocycles. The zero-order valence-corrected chi connectivity index (χ0v) is 18.4. The van der Waals surface area contributed by atoms with Gasteiger partial charge < -0.3 is 8.92 Å². The van der Waals surface area contributed by atoms with E-state index in [1.165, 1.54) is 16.9 Å². The highest BCUT2D eigenvalue weighted by atomic mass is 32.2. The zero-order valence-electron chi connectivity index (χ0n) is 17.6. The summed E-state index contributed by atoms with van der Waals surface area (Å²) in [6.45, 7) is 3.88. The molecule has 12 heteroatoms. The third kappa shape index (κ3) is 4.27. The summed E-state index contributed by atoms with van der Waals surface area (Å²) in [5.41, 5.74) is 2.19. The number of pyridine rings is 1. The molecule has 0 saturated carbocycles. The van der Waals surface area contributed by atoms with Gasteiger partial charge in [-0.3, -0.25) is 0 Å². The molecule has 8 nitrogen and oxygen atoms in total. The number of carbonyl (C=O) groups is 1. The molecule has 0 fully saturated rings. The second kappa shape index (κ2) is 8.77. The number of carbonyl (C=O) groups excluding carboxylic acids is 1. The van der Waals surface area contributed by atoms with Gasteiger partial charge in [-0.2, -0.15) is 26.7 Å². The SMILES string of the molecule is CCOC(=O)c1c2cnc3c1c(C(C)C)nn3-c1cc(C)ccc1S(=O)(=O)O2.FC(F)F. The van der Waals surface area contributed by atoms with E-state index < -0.39 is 22.8 Å². The Hall–Kier alpha value is -3.15. The van der Waals surface area contributed by atoms with E-state index >= 15 is 0 Å². The lowest BCUT2D eigenvalue weighted by Gasteiger charge is -2.13. The van der Waals surface area contributed by atoms with Gasteiger partial charge in [-0.25, -0.2) is 14.5 Å². The van der Waals surface area contributed by atoms with E-state index in [0.29, 0.717) is 22.4 Å². The Balaban J connectivity index is 0.000000668. The van der Waals surface area contributed by atoms with Crippen molar-refractivity contribution < 1.29 is 35.3 Å². The molecule has 0 amide bonds. The monoisotopic (exact) mass is 471 g/mol. The number of rotatable bonds is 3. The lowest BCUT2D eigenvalue weighted by molar-refractivity contribution is 0.00817. The lowest BCUT2D eigenvalue weighted by atomic mass is 10.0. The maximum Gasteiger partial charge on any atom is 0.379 e. The van der Waals surface area contributed by atoms with Crippen LogP contribution < -0.4 is 4.18 Å². The summed E-state index contributed by atoms with van der Waals surface area (Å²) in [5.74, 6) is -0.886. The molecule has 3 aromatic rings. The molecule has 0 saturated heterocycles. The van der Waals surface area contributed by atoms with Crippen LogP contribution >= 0.6 is 0 Å². The molecule has 2 aromatic heterocycles. The molecule has 32 heavy (non-hydrogen) atoms. The van der Waals surface area contributed by atoms with Crippen LogP contribution in [0.3, 0.4) is 0 Å². The van der Waals surface area contributed by atoms with Crippen LogP contribution in [-0.4, -0.2) is 42.4 Å². The fourth-order valence-corrected chi connectivity index (χ4v) is 4.39. The average Bonchev–Trinajstić information content (AvgIpc) is 3.08. The van der Waals surface area contributed by atoms with Crippen molar-refractivity contribution >= 4 is 27.1 Å². The Morgan fingerprint density at radius 3 is 2.50 bits per heavy atom. The molecule has 4 bridgehead atoms. The highest BCUT2D eigenvalue weighted by Gasteiger charge is 2.33. The van der Waals surface area contributed by atoms with E-state index in [-0.39, 0.29) is 28.7 Å². The first-order valence-electron chi connectivity index (χ1n) is 9.54. The van der Waals surface area contributed by atoms with Crippen molar-refractivity contribution in [3.8, 4) is 11.4 Å². The van der Waals surface area contributed by atoms with Crippen LogP contribution in [0, 0.1) is 6.92 Å². The fourth-order valence-electron chi connectivity index (χ4n) is 3.30. The Morgan fingerprint density at radius 1 is 1.25 bits per heavy atom. The highest BCUT2D eigenvalue weighted by Crippen LogP contribution is 2.38. The minimum Gasteiger partial charge on any atom is -0.462 e. The van der Waals surface area contributed by atoms with Crippen LogP contribution in [0.1, 0.15) is 48.3 Å². The van der Waals surface area contributed by atoms with E-state index in [2.05, 4.69) is 10.1 Å². The standard InChI is InChI=1S/C19H19N3O5S.CHF3/c1-5-26-19(23)15-13-9-20-18-16(15)17(10(2)3)21-22(18)12-8-11(4)6-7-14(12)28(24,25)27-13;2-1(3)4/h6-10H,5H2,1-4H3;1H. The Kier molecular flexibility index (Phi) is 6.44. The van der Waals surface area contributed by atoms with Crippen molar-refractivity contribution in [2.24, 2.45) is 0 Å². The zero-order chi connectivity index (χ0) is 23.8. The summed E-state index contributed by atoms with van der Waals surface area (Å²) in [5, 5.41) is 5.07. The van der Waals surface area contributed by atoms with Gasteiger partial charge in [0.15, 0.2) is 11.4 Å².